The van der Waals surface area contributed by atoms with Crippen LogP contribution in [0.4, 0.5) is 14.6 Å². The molecule has 7 rings (SSSR count). The van der Waals surface area contributed by atoms with E-state index in [-0.39, 0.29) is 54.9 Å². The van der Waals surface area contributed by atoms with Crippen molar-refractivity contribution in [3.05, 3.63) is 65.1 Å². The SMILES string of the molecule is C#Cc1c(F)ccc2cc(O)cc(C3=Cc4nc(OC[C@]5(C(C)(C)C#N)C[C@@H](F)CN5C5CCOCC5)nc(N(C)C[C@@H]5CCCN5C(=O)C=C)c4CC3)c12. The molecule has 3 atom stereocenters. The molecule has 1 N–H and O–H groups in total. The molecule has 3 saturated heterocycles. The average molecular weight is 751 g/mol. The summed E-state index contributed by atoms with van der Waals surface area (Å²) < 4.78 is 42.8. The number of phenols is 1. The molecule has 12 heteroatoms. The van der Waals surface area contributed by atoms with Crippen LogP contribution in [0.2, 0.25) is 0 Å². The molecule has 10 nitrogen and oxygen atoms in total. The summed E-state index contributed by atoms with van der Waals surface area (Å²) in [6, 6.07) is 8.58. The summed E-state index contributed by atoms with van der Waals surface area (Å²) in [5.74, 6) is 2.52. The molecule has 3 aliphatic heterocycles. The normalized spacial score (nSPS) is 23.2. The number of hydrogen-bond acceptors (Lipinski definition) is 9. The van der Waals surface area contributed by atoms with Gasteiger partial charge in [-0.05, 0) is 99.2 Å². The molecular weight excluding hydrogens is 703 g/mol. The number of likely N-dealkylation sites (tertiary alicyclic amines) is 2. The van der Waals surface area contributed by atoms with Crippen molar-refractivity contribution in [1.29, 1.82) is 5.26 Å². The van der Waals surface area contributed by atoms with E-state index in [1.807, 2.05) is 36.8 Å². The monoisotopic (exact) mass is 750 g/mol. The van der Waals surface area contributed by atoms with Gasteiger partial charge in [-0.25, -0.2) is 8.78 Å². The van der Waals surface area contributed by atoms with Crippen molar-refractivity contribution >= 4 is 34.1 Å². The maximum absolute atomic E-state index is 15.6. The highest BCUT2D eigenvalue weighted by Crippen LogP contribution is 2.47. The zero-order chi connectivity index (χ0) is 39.1. The molecule has 0 spiro atoms. The second-order valence-corrected chi connectivity index (χ2v) is 15.8. The maximum atomic E-state index is 15.6. The summed E-state index contributed by atoms with van der Waals surface area (Å²) in [6.07, 6.45) is 12.3. The topological polar surface area (TPSA) is 115 Å². The molecule has 1 amide bonds. The van der Waals surface area contributed by atoms with Crippen molar-refractivity contribution < 1.29 is 28.2 Å². The van der Waals surface area contributed by atoms with Crippen molar-refractivity contribution in [3.63, 3.8) is 0 Å². The van der Waals surface area contributed by atoms with E-state index >= 15 is 8.78 Å². The summed E-state index contributed by atoms with van der Waals surface area (Å²) in [6.45, 7) is 9.85. The molecule has 55 heavy (non-hydrogen) atoms. The fraction of sp³-hybridized carbons (Fsp3) is 0.488. The number of alkyl halides is 1. The van der Waals surface area contributed by atoms with Crippen LogP contribution in [0.25, 0.3) is 22.4 Å². The Bertz CT molecular complexity index is 2120. The Kier molecular flexibility index (Phi) is 10.6. The number of rotatable bonds is 10. The number of carbonyl (C=O) groups excluding carboxylic acids is 1. The van der Waals surface area contributed by atoms with Gasteiger partial charge in [0.05, 0.1) is 28.3 Å². The molecule has 0 radical (unpaired) electrons. The number of carbonyl (C=O) groups is 1. The van der Waals surface area contributed by atoms with Gasteiger partial charge in [-0.3, -0.25) is 9.69 Å². The van der Waals surface area contributed by atoms with Crippen molar-refractivity contribution in [2.75, 3.05) is 51.4 Å². The van der Waals surface area contributed by atoms with Gasteiger partial charge >= 0.3 is 6.01 Å². The smallest absolute Gasteiger partial charge is 0.318 e. The minimum absolute atomic E-state index is 0.0178. The van der Waals surface area contributed by atoms with Crippen molar-refractivity contribution in [1.82, 2.24) is 19.8 Å². The number of anilines is 1. The first kappa shape index (κ1) is 38.2. The van der Waals surface area contributed by atoms with Crippen LogP contribution in [0, 0.1) is 34.9 Å². The maximum Gasteiger partial charge on any atom is 0.318 e. The van der Waals surface area contributed by atoms with E-state index < -0.39 is 22.9 Å². The van der Waals surface area contributed by atoms with Gasteiger partial charge in [-0.1, -0.05) is 18.6 Å². The Labute approximate surface area is 321 Å². The third-order valence-electron chi connectivity index (χ3n) is 12.2. The van der Waals surface area contributed by atoms with Crippen LogP contribution in [0.1, 0.15) is 74.8 Å². The number of benzene rings is 2. The Balaban J connectivity index is 1.32. The Hall–Kier alpha value is -5.04. The summed E-state index contributed by atoms with van der Waals surface area (Å²) in [5, 5.41) is 22.4. The zero-order valence-corrected chi connectivity index (χ0v) is 31.8. The molecule has 2 aromatic carbocycles. The highest BCUT2D eigenvalue weighted by molar-refractivity contribution is 6.02. The summed E-state index contributed by atoms with van der Waals surface area (Å²) in [5.41, 5.74) is 1.01. The number of phenolic OH excluding ortho intramolecular Hbond substituents is 1. The van der Waals surface area contributed by atoms with E-state index in [0.29, 0.717) is 67.0 Å². The molecule has 4 aliphatic rings. The van der Waals surface area contributed by atoms with E-state index in [2.05, 4.69) is 23.5 Å². The predicted molar refractivity (Wildman–Crippen MR) is 208 cm³/mol. The van der Waals surface area contributed by atoms with E-state index in [9.17, 15) is 15.2 Å². The van der Waals surface area contributed by atoms with Gasteiger partial charge in [0.1, 0.15) is 30.2 Å². The Morgan fingerprint density at radius 1 is 1.25 bits per heavy atom. The Morgan fingerprint density at radius 2 is 2.04 bits per heavy atom. The highest BCUT2D eigenvalue weighted by atomic mass is 19.1. The molecule has 1 aliphatic carbocycles. The number of nitriles is 1. The molecular formula is C43H48F2N6O4. The lowest BCUT2D eigenvalue weighted by atomic mass is 9.71. The summed E-state index contributed by atoms with van der Waals surface area (Å²) in [4.78, 5) is 28.6. The number of ether oxygens (including phenoxy) is 2. The molecule has 0 unspecified atom stereocenters. The molecule has 1 aromatic heterocycles. The van der Waals surface area contributed by atoms with Crippen LogP contribution in [-0.2, 0) is 16.0 Å². The minimum atomic E-state index is -1.14. The van der Waals surface area contributed by atoms with Crippen molar-refractivity contribution in [3.8, 4) is 30.2 Å². The number of likely N-dealkylation sites (N-methyl/N-ethyl adjacent to an activating group) is 1. The fourth-order valence-corrected chi connectivity index (χ4v) is 9.23. The number of aromatic hydroxyl groups is 1. The first-order chi connectivity index (χ1) is 26.4. The molecule has 4 heterocycles. The van der Waals surface area contributed by atoms with Crippen LogP contribution < -0.4 is 9.64 Å². The van der Waals surface area contributed by atoms with Crippen LogP contribution in [0.15, 0.2) is 36.9 Å². The number of allylic oxidation sites excluding steroid dienone is 1. The van der Waals surface area contributed by atoms with Gasteiger partial charge < -0.3 is 24.4 Å². The minimum Gasteiger partial charge on any atom is -0.508 e. The molecule has 0 bridgehead atoms. The number of aromatic nitrogens is 2. The summed E-state index contributed by atoms with van der Waals surface area (Å²) in [7, 11) is 1.93. The quantitative estimate of drug-likeness (QED) is 0.185. The van der Waals surface area contributed by atoms with Gasteiger partial charge in [0, 0.05) is 69.3 Å². The molecule has 288 valence electrons. The summed E-state index contributed by atoms with van der Waals surface area (Å²) >= 11 is 0. The van der Waals surface area contributed by atoms with Gasteiger partial charge in [0.25, 0.3) is 0 Å². The third kappa shape index (κ3) is 7.03. The number of hydrogen-bond donors (Lipinski definition) is 1. The van der Waals surface area contributed by atoms with E-state index in [0.717, 1.165) is 36.8 Å². The first-order valence-corrected chi connectivity index (χ1v) is 19.1. The number of fused-ring (bicyclic) bond motifs is 2. The molecule has 3 fully saturated rings. The predicted octanol–water partition coefficient (Wildman–Crippen LogP) is 6.45. The lowest BCUT2D eigenvalue weighted by Crippen LogP contribution is -2.61. The van der Waals surface area contributed by atoms with E-state index in [1.54, 1.807) is 18.2 Å². The van der Waals surface area contributed by atoms with Gasteiger partial charge in [-0.2, -0.15) is 15.2 Å². The number of terminal acetylenes is 1. The second kappa shape index (κ2) is 15.2. The number of halogens is 2. The standard InChI is InChI=1S/C43H48F2N6O4/c1-6-33-36(45)13-11-28-19-32(52)21-35(39(28)33)27-10-12-34-37(20-27)47-41(48-40(34)49(5)24-31-9-8-16-50(31)38(53)7-2)55-26-43(42(3,4)25-46)22-29(44)23-51(43)30-14-17-54-18-15-30/h1,7,11,13,19-21,29-31,52H,2,8-10,12,14-18,22-24,26H2,3-5H3/t29-,31+,43+/m1/s1. The lowest BCUT2D eigenvalue weighted by molar-refractivity contribution is -0.126. The van der Waals surface area contributed by atoms with Gasteiger partial charge in [0.15, 0.2) is 0 Å². The van der Waals surface area contributed by atoms with Crippen LogP contribution in [-0.4, -0.2) is 101 Å². The highest BCUT2D eigenvalue weighted by Gasteiger charge is 2.58. The van der Waals surface area contributed by atoms with E-state index in [4.69, 9.17) is 25.9 Å². The Morgan fingerprint density at radius 3 is 2.76 bits per heavy atom. The van der Waals surface area contributed by atoms with Gasteiger partial charge in [-0.15, -0.1) is 6.42 Å². The van der Waals surface area contributed by atoms with Crippen molar-refractivity contribution in [2.24, 2.45) is 5.41 Å². The fourth-order valence-electron chi connectivity index (χ4n) is 9.23. The van der Waals surface area contributed by atoms with Crippen LogP contribution in [0.5, 0.6) is 11.8 Å². The lowest BCUT2D eigenvalue weighted by Gasteiger charge is -2.49. The number of amides is 1. The largest absolute Gasteiger partial charge is 0.508 e. The zero-order valence-electron chi connectivity index (χ0n) is 31.8. The average Bonchev–Trinajstić information content (AvgIpc) is 3.80. The first-order valence-electron chi connectivity index (χ1n) is 19.1. The van der Waals surface area contributed by atoms with Gasteiger partial charge in [0.2, 0.25) is 5.91 Å². The van der Waals surface area contributed by atoms with E-state index in [1.165, 1.54) is 12.1 Å². The van der Waals surface area contributed by atoms with Crippen LogP contribution in [0.3, 0.4) is 0 Å². The second-order valence-electron chi connectivity index (χ2n) is 15.8. The number of nitrogens with zero attached hydrogens (tertiary/aromatic N) is 6. The van der Waals surface area contributed by atoms with Crippen molar-refractivity contribution in [2.45, 2.75) is 82.6 Å². The van der Waals surface area contributed by atoms with Crippen LogP contribution >= 0.6 is 0 Å². The molecule has 0 saturated carbocycles. The third-order valence-corrected chi connectivity index (χ3v) is 12.2. The molecule has 3 aromatic rings.